The molecule has 0 aliphatic heterocycles. The molecule has 0 spiro atoms. The molecular weight excluding hydrogens is 266 g/mol. The molecule has 0 fully saturated rings. The molecule has 18 heavy (non-hydrogen) atoms. The summed E-state index contributed by atoms with van der Waals surface area (Å²) < 4.78 is 0. The third-order valence-electron chi connectivity index (χ3n) is 2.42. The number of nitrogens with one attached hydrogen (secondary N) is 2. The first-order valence-corrected chi connectivity index (χ1v) is 7.26. The number of hydrogen-bond donors (Lipinski definition) is 2. The molecule has 3 nitrogen and oxygen atoms in total. The second-order valence-electron chi connectivity index (χ2n) is 3.88. The lowest BCUT2D eigenvalue weighted by Crippen LogP contribution is -2.11. The molecule has 2 N–H and O–H groups in total. The predicted octanol–water partition coefficient (Wildman–Crippen LogP) is 3.46. The maximum Gasteiger partial charge on any atom is 0.116 e. The topological polar surface area (TPSA) is 40.7 Å². The fourth-order valence-electron chi connectivity index (χ4n) is 1.54. The molecule has 96 valence electrons. The maximum absolute atomic E-state index is 5.94. The molecule has 0 aliphatic rings. The Morgan fingerprint density at radius 1 is 1.44 bits per heavy atom. The molecule has 5 heteroatoms. The summed E-state index contributed by atoms with van der Waals surface area (Å²) in [6.07, 6.45) is 1.89. The molecule has 0 saturated carbocycles. The smallest absolute Gasteiger partial charge is 0.116 e. The lowest BCUT2D eigenvalue weighted by molar-refractivity contribution is 0.713. The Kier molecular flexibility index (Phi) is 5.11. The molecule has 0 saturated heterocycles. The summed E-state index contributed by atoms with van der Waals surface area (Å²) in [4.78, 5) is 8.82. The van der Waals surface area contributed by atoms with Gasteiger partial charge >= 0.3 is 0 Å². The number of hydrogen-bond acceptors (Lipinski definition) is 3. The van der Waals surface area contributed by atoms with Crippen LogP contribution in [0.4, 0.5) is 0 Å². The Morgan fingerprint density at radius 2 is 2.33 bits per heavy atom. The lowest BCUT2D eigenvalue weighted by atomic mass is 10.4. The molecule has 2 aromatic rings. The van der Waals surface area contributed by atoms with Crippen LogP contribution < -0.4 is 5.32 Å². The Hall–Kier alpha value is -0.970. The van der Waals surface area contributed by atoms with Gasteiger partial charge in [-0.3, -0.25) is 0 Å². The van der Waals surface area contributed by atoms with Crippen LogP contribution in [-0.2, 0) is 12.3 Å². The van der Waals surface area contributed by atoms with E-state index in [2.05, 4.69) is 28.3 Å². The van der Waals surface area contributed by atoms with Crippen molar-refractivity contribution in [3.8, 4) is 0 Å². The third-order valence-corrected chi connectivity index (χ3v) is 3.66. The van der Waals surface area contributed by atoms with Gasteiger partial charge in [0.15, 0.2) is 0 Å². The average Bonchev–Trinajstić information content (AvgIpc) is 2.82. The highest BCUT2D eigenvalue weighted by Gasteiger charge is 2.02. The van der Waals surface area contributed by atoms with Gasteiger partial charge in [0.25, 0.3) is 0 Å². The van der Waals surface area contributed by atoms with Crippen molar-refractivity contribution in [1.82, 2.24) is 15.3 Å². The Morgan fingerprint density at radius 3 is 3.11 bits per heavy atom. The van der Waals surface area contributed by atoms with Crippen LogP contribution in [0.25, 0.3) is 0 Å². The van der Waals surface area contributed by atoms with Crippen LogP contribution >= 0.6 is 23.4 Å². The van der Waals surface area contributed by atoms with Crippen LogP contribution in [0.3, 0.4) is 0 Å². The number of aromatic nitrogens is 2. The fourth-order valence-corrected chi connectivity index (χ4v) is 2.63. The number of benzene rings is 1. The van der Waals surface area contributed by atoms with Crippen molar-refractivity contribution in [1.29, 1.82) is 0 Å². The average molecular weight is 282 g/mol. The zero-order valence-corrected chi connectivity index (χ0v) is 11.8. The monoisotopic (exact) mass is 281 g/mol. The third kappa shape index (κ3) is 4.05. The lowest BCUT2D eigenvalue weighted by Gasteiger charge is -2.00. The van der Waals surface area contributed by atoms with Crippen molar-refractivity contribution < 1.29 is 0 Å². The summed E-state index contributed by atoms with van der Waals surface area (Å²) in [5.74, 6) is 1.82. The molecular formula is C13H16ClN3S. The van der Waals surface area contributed by atoms with Crippen LogP contribution in [0, 0.1) is 0 Å². The highest BCUT2D eigenvalue weighted by Crippen LogP contribution is 2.24. The summed E-state index contributed by atoms with van der Waals surface area (Å²) in [6, 6.07) is 7.87. The number of aromatic amines is 1. The highest BCUT2D eigenvalue weighted by atomic mass is 35.5. The summed E-state index contributed by atoms with van der Waals surface area (Å²) in [7, 11) is 0. The number of thioether (sulfide) groups is 1. The minimum Gasteiger partial charge on any atom is -0.344 e. The van der Waals surface area contributed by atoms with Crippen molar-refractivity contribution in [2.24, 2.45) is 0 Å². The summed E-state index contributed by atoms with van der Waals surface area (Å²) in [5.41, 5.74) is 1.12. The van der Waals surface area contributed by atoms with Gasteiger partial charge in [-0.05, 0) is 24.7 Å². The molecule has 0 atom stereocenters. The SMILES string of the molecule is CCNCc1cnc(CSc2cccc(Cl)c2)[nH]1. The first-order valence-electron chi connectivity index (χ1n) is 5.89. The van der Waals surface area contributed by atoms with E-state index >= 15 is 0 Å². The number of H-pyrrole nitrogens is 1. The second kappa shape index (κ2) is 6.83. The fraction of sp³-hybridized carbons (Fsp3) is 0.308. The van der Waals surface area contributed by atoms with Crippen LogP contribution in [0.2, 0.25) is 5.02 Å². The van der Waals surface area contributed by atoms with E-state index < -0.39 is 0 Å². The van der Waals surface area contributed by atoms with E-state index in [4.69, 9.17) is 11.6 Å². The molecule has 0 aliphatic carbocycles. The molecule has 2 rings (SSSR count). The van der Waals surface area contributed by atoms with Gasteiger partial charge in [0.1, 0.15) is 5.82 Å². The van der Waals surface area contributed by atoms with Crippen LogP contribution in [-0.4, -0.2) is 16.5 Å². The standard InChI is InChI=1S/C13H16ClN3S/c1-2-15-7-11-8-16-13(17-11)9-18-12-5-3-4-10(14)6-12/h3-6,8,15H,2,7,9H2,1H3,(H,16,17). The van der Waals surface area contributed by atoms with Crippen LogP contribution in [0.5, 0.6) is 0 Å². The van der Waals surface area contributed by atoms with Gasteiger partial charge in [0.2, 0.25) is 0 Å². The van der Waals surface area contributed by atoms with Crippen molar-refractivity contribution in [3.05, 3.63) is 47.0 Å². The normalized spacial score (nSPS) is 10.8. The largest absolute Gasteiger partial charge is 0.344 e. The van der Waals surface area contributed by atoms with Gasteiger partial charge < -0.3 is 10.3 Å². The number of rotatable bonds is 6. The van der Waals surface area contributed by atoms with Crippen molar-refractivity contribution >= 4 is 23.4 Å². The molecule has 1 aromatic heterocycles. The molecule has 0 bridgehead atoms. The van der Waals surface area contributed by atoms with Gasteiger partial charge in [-0.15, -0.1) is 11.8 Å². The zero-order chi connectivity index (χ0) is 12.8. The van der Waals surface area contributed by atoms with Crippen molar-refractivity contribution in [2.45, 2.75) is 24.1 Å². The van der Waals surface area contributed by atoms with E-state index in [1.807, 2.05) is 24.4 Å². The first-order chi connectivity index (χ1) is 8.78. The summed E-state index contributed by atoms with van der Waals surface area (Å²) >= 11 is 7.67. The van der Waals surface area contributed by atoms with Gasteiger partial charge in [0.05, 0.1) is 5.75 Å². The Labute approximate surface area is 116 Å². The maximum atomic E-state index is 5.94. The van der Waals surface area contributed by atoms with Crippen molar-refractivity contribution in [2.75, 3.05) is 6.54 Å². The number of halogens is 1. The molecule has 0 radical (unpaired) electrons. The van der Waals surface area contributed by atoms with E-state index in [9.17, 15) is 0 Å². The molecule has 1 heterocycles. The van der Waals surface area contributed by atoms with E-state index in [0.29, 0.717) is 0 Å². The zero-order valence-electron chi connectivity index (χ0n) is 10.2. The van der Waals surface area contributed by atoms with Gasteiger partial charge in [-0.1, -0.05) is 24.6 Å². The minimum absolute atomic E-state index is 0.771. The minimum atomic E-state index is 0.771. The molecule has 0 amide bonds. The molecule has 1 aromatic carbocycles. The summed E-state index contributed by atoms with van der Waals surface area (Å²) in [5, 5.41) is 4.03. The number of imidazole rings is 1. The van der Waals surface area contributed by atoms with Gasteiger partial charge in [-0.25, -0.2) is 4.98 Å². The summed E-state index contributed by atoms with van der Waals surface area (Å²) in [6.45, 7) is 3.89. The predicted molar refractivity (Wildman–Crippen MR) is 77.0 cm³/mol. The number of nitrogens with zero attached hydrogens (tertiary/aromatic N) is 1. The highest BCUT2D eigenvalue weighted by molar-refractivity contribution is 7.98. The van der Waals surface area contributed by atoms with Gasteiger partial charge in [0, 0.05) is 28.4 Å². The van der Waals surface area contributed by atoms with E-state index in [1.165, 1.54) is 0 Å². The second-order valence-corrected chi connectivity index (χ2v) is 5.37. The van der Waals surface area contributed by atoms with E-state index in [-0.39, 0.29) is 0 Å². The Bertz CT molecular complexity index is 498. The first kappa shape index (κ1) is 13.5. The molecule has 0 unspecified atom stereocenters. The van der Waals surface area contributed by atoms with E-state index in [1.54, 1.807) is 11.8 Å². The van der Waals surface area contributed by atoms with Crippen LogP contribution in [0.1, 0.15) is 18.4 Å². The van der Waals surface area contributed by atoms with Crippen molar-refractivity contribution in [3.63, 3.8) is 0 Å². The van der Waals surface area contributed by atoms with E-state index in [0.717, 1.165) is 40.3 Å². The Balaban J connectivity index is 1.88. The van der Waals surface area contributed by atoms with Gasteiger partial charge in [-0.2, -0.15) is 0 Å². The van der Waals surface area contributed by atoms with Crippen LogP contribution in [0.15, 0.2) is 35.4 Å². The quantitative estimate of drug-likeness (QED) is 0.797.